The molecular weight excluding hydrogens is 302 g/mol. The summed E-state index contributed by atoms with van der Waals surface area (Å²) < 4.78 is 0. The van der Waals surface area contributed by atoms with E-state index in [0.29, 0.717) is 6.04 Å². The molecule has 2 aromatic carbocycles. The van der Waals surface area contributed by atoms with Gasteiger partial charge in [0.2, 0.25) is 0 Å². The number of allylic oxidation sites excluding steroid dienone is 3. The van der Waals surface area contributed by atoms with E-state index in [4.69, 9.17) is 0 Å². The lowest BCUT2D eigenvalue weighted by Crippen LogP contribution is -2.21. The fourth-order valence-corrected chi connectivity index (χ4v) is 3.22. The number of hydrogen-bond acceptors (Lipinski definition) is 1. The highest BCUT2D eigenvalue weighted by Gasteiger charge is 2.12. The summed E-state index contributed by atoms with van der Waals surface area (Å²) in [5, 5.41) is 3.65. The van der Waals surface area contributed by atoms with Gasteiger partial charge >= 0.3 is 0 Å². The molecule has 1 aliphatic carbocycles. The van der Waals surface area contributed by atoms with Crippen molar-refractivity contribution < 1.29 is 0 Å². The van der Waals surface area contributed by atoms with Gasteiger partial charge in [0.15, 0.2) is 0 Å². The molecule has 2 aromatic rings. The topological polar surface area (TPSA) is 12.0 Å². The van der Waals surface area contributed by atoms with E-state index in [-0.39, 0.29) is 0 Å². The molecule has 0 saturated carbocycles. The minimum absolute atomic E-state index is 0.359. The molecule has 0 amide bonds. The molecule has 1 unspecified atom stereocenters. The van der Waals surface area contributed by atoms with Gasteiger partial charge in [0, 0.05) is 12.6 Å². The van der Waals surface area contributed by atoms with Gasteiger partial charge in [-0.3, -0.25) is 0 Å². The van der Waals surface area contributed by atoms with Crippen molar-refractivity contribution in [1.82, 2.24) is 5.32 Å². The maximum atomic E-state index is 3.91. The minimum Gasteiger partial charge on any atom is -0.306 e. The smallest absolute Gasteiger partial charge is 0.0294 e. The van der Waals surface area contributed by atoms with E-state index in [0.717, 1.165) is 13.0 Å². The second-order valence-corrected chi connectivity index (χ2v) is 6.98. The largest absolute Gasteiger partial charge is 0.306 e. The number of nitrogens with one attached hydrogen (secondary N) is 1. The summed E-state index contributed by atoms with van der Waals surface area (Å²) in [5.74, 6) is 0. The van der Waals surface area contributed by atoms with Crippen LogP contribution in [0.3, 0.4) is 0 Å². The van der Waals surface area contributed by atoms with Crippen LogP contribution in [0.2, 0.25) is 0 Å². The van der Waals surface area contributed by atoms with E-state index in [1.165, 1.54) is 39.0 Å². The third kappa shape index (κ3) is 4.18. The molecule has 0 bridgehead atoms. The Morgan fingerprint density at radius 3 is 2.56 bits per heavy atom. The fraction of sp³-hybridized carbons (Fsp3) is 0.250. The van der Waals surface area contributed by atoms with E-state index in [9.17, 15) is 0 Å². The Morgan fingerprint density at radius 1 is 1.08 bits per heavy atom. The first kappa shape index (κ1) is 17.4. The molecule has 128 valence electrons. The third-order valence-electron chi connectivity index (χ3n) is 5.02. The van der Waals surface area contributed by atoms with Gasteiger partial charge in [-0.2, -0.15) is 0 Å². The molecule has 1 N–H and O–H groups in total. The van der Waals surface area contributed by atoms with Gasteiger partial charge < -0.3 is 5.32 Å². The van der Waals surface area contributed by atoms with Crippen LogP contribution in [-0.2, 0) is 0 Å². The van der Waals surface area contributed by atoms with Crippen molar-refractivity contribution in [3.05, 3.63) is 94.6 Å². The maximum Gasteiger partial charge on any atom is 0.0294 e. The highest BCUT2D eigenvalue weighted by molar-refractivity contribution is 5.74. The van der Waals surface area contributed by atoms with Crippen LogP contribution >= 0.6 is 0 Å². The van der Waals surface area contributed by atoms with Crippen LogP contribution in [0.15, 0.2) is 66.8 Å². The normalized spacial score (nSPS) is 14.8. The number of aryl methyl sites for hydroxylation is 2. The van der Waals surface area contributed by atoms with Gasteiger partial charge in [0.25, 0.3) is 0 Å². The van der Waals surface area contributed by atoms with Crippen LogP contribution in [0, 0.1) is 13.8 Å². The standard InChI is InChI=1S/C24H27N/c1-5-21-15-24(12-8-18(21)3)23-13-9-20(14-23)16-25-19(4)22-10-6-17(2)7-11-22/h5-13,15,19,25H,1,14,16H2,2-4H3. The summed E-state index contributed by atoms with van der Waals surface area (Å²) in [6, 6.07) is 15.8. The van der Waals surface area contributed by atoms with Gasteiger partial charge in [0.1, 0.15) is 0 Å². The van der Waals surface area contributed by atoms with E-state index in [2.05, 4.69) is 87.3 Å². The molecule has 0 aliphatic heterocycles. The zero-order valence-corrected chi connectivity index (χ0v) is 15.5. The average Bonchev–Trinajstić information content (AvgIpc) is 3.09. The third-order valence-corrected chi connectivity index (χ3v) is 5.02. The molecule has 3 rings (SSSR count). The fourth-order valence-electron chi connectivity index (χ4n) is 3.22. The molecule has 0 aromatic heterocycles. The summed E-state index contributed by atoms with van der Waals surface area (Å²) in [6.07, 6.45) is 7.48. The molecule has 1 nitrogen and oxygen atoms in total. The van der Waals surface area contributed by atoms with Crippen LogP contribution in [0.4, 0.5) is 0 Å². The Bertz CT molecular complexity index is 822. The molecule has 1 atom stereocenters. The van der Waals surface area contributed by atoms with Crippen LogP contribution in [0.5, 0.6) is 0 Å². The van der Waals surface area contributed by atoms with Crippen LogP contribution < -0.4 is 5.32 Å². The van der Waals surface area contributed by atoms with Crippen molar-refractivity contribution in [1.29, 1.82) is 0 Å². The molecule has 0 fully saturated rings. The molecule has 0 saturated heterocycles. The van der Waals surface area contributed by atoms with Crippen molar-refractivity contribution in [2.75, 3.05) is 6.54 Å². The first-order chi connectivity index (χ1) is 12.1. The van der Waals surface area contributed by atoms with E-state index >= 15 is 0 Å². The molecular formula is C24H27N. The van der Waals surface area contributed by atoms with Gasteiger partial charge in [-0.15, -0.1) is 0 Å². The Labute approximate surface area is 151 Å². The average molecular weight is 329 g/mol. The molecule has 0 heterocycles. The first-order valence-electron chi connectivity index (χ1n) is 8.99. The Morgan fingerprint density at radius 2 is 1.84 bits per heavy atom. The summed E-state index contributed by atoms with van der Waals surface area (Å²) >= 11 is 0. The van der Waals surface area contributed by atoms with E-state index < -0.39 is 0 Å². The summed E-state index contributed by atoms with van der Waals surface area (Å²) in [5.41, 5.74) is 9.28. The Kier molecular flexibility index (Phi) is 5.35. The number of rotatable bonds is 6. The Balaban J connectivity index is 1.57. The van der Waals surface area contributed by atoms with Crippen molar-refractivity contribution in [2.24, 2.45) is 0 Å². The predicted molar refractivity (Wildman–Crippen MR) is 110 cm³/mol. The first-order valence-corrected chi connectivity index (χ1v) is 8.99. The van der Waals surface area contributed by atoms with Gasteiger partial charge in [0.05, 0.1) is 0 Å². The Hall–Kier alpha value is -2.38. The van der Waals surface area contributed by atoms with Gasteiger partial charge in [-0.1, -0.05) is 72.3 Å². The number of benzene rings is 2. The lowest BCUT2D eigenvalue weighted by molar-refractivity contribution is 0.604. The highest BCUT2D eigenvalue weighted by atomic mass is 14.9. The quantitative estimate of drug-likeness (QED) is 0.684. The SMILES string of the molecule is C=Cc1cc(C2=CC=C(CNC(C)c3ccc(C)cc3)C2)ccc1C. The van der Waals surface area contributed by atoms with E-state index in [1.54, 1.807) is 0 Å². The maximum absolute atomic E-state index is 3.91. The monoisotopic (exact) mass is 329 g/mol. The van der Waals surface area contributed by atoms with Gasteiger partial charge in [-0.25, -0.2) is 0 Å². The molecule has 1 heteroatoms. The summed E-state index contributed by atoms with van der Waals surface area (Å²) in [6.45, 7) is 11.3. The molecule has 0 spiro atoms. The lowest BCUT2D eigenvalue weighted by Gasteiger charge is -2.15. The predicted octanol–water partition coefficient (Wildman–Crippen LogP) is 6.01. The zero-order chi connectivity index (χ0) is 17.8. The molecule has 0 radical (unpaired) electrons. The van der Waals surface area contributed by atoms with Gasteiger partial charge in [-0.05, 0) is 61.1 Å². The summed E-state index contributed by atoms with van der Waals surface area (Å²) in [4.78, 5) is 0. The van der Waals surface area contributed by atoms with Crippen molar-refractivity contribution in [3.8, 4) is 0 Å². The van der Waals surface area contributed by atoms with Crippen LogP contribution in [0.1, 0.15) is 47.2 Å². The van der Waals surface area contributed by atoms with Crippen molar-refractivity contribution in [2.45, 2.75) is 33.2 Å². The van der Waals surface area contributed by atoms with Crippen molar-refractivity contribution in [3.63, 3.8) is 0 Å². The van der Waals surface area contributed by atoms with Crippen LogP contribution in [-0.4, -0.2) is 6.54 Å². The second kappa shape index (κ2) is 7.67. The lowest BCUT2D eigenvalue weighted by atomic mass is 9.98. The van der Waals surface area contributed by atoms with E-state index in [1.807, 2.05) is 6.08 Å². The van der Waals surface area contributed by atoms with Crippen molar-refractivity contribution >= 4 is 11.6 Å². The summed E-state index contributed by atoms with van der Waals surface area (Å²) in [7, 11) is 0. The molecule has 1 aliphatic rings. The zero-order valence-electron chi connectivity index (χ0n) is 15.5. The molecule has 25 heavy (non-hydrogen) atoms. The highest BCUT2D eigenvalue weighted by Crippen LogP contribution is 2.29. The number of hydrogen-bond donors (Lipinski definition) is 1. The second-order valence-electron chi connectivity index (χ2n) is 6.98. The van der Waals surface area contributed by atoms with Crippen LogP contribution in [0.25, 0.3) is 11.6 Å². The minimum atomic E-state index is 0.359.